The lowest BCUT2D eigenvalue weighted by Crippen LogP contribution is -2.53. The highest BCUT2D eigenvalue weighted by Gasteiger charge is 2.70. The van der Waals surface area contributed by atoms with Crippen LogP contribution in [0.2, 0.25) is 0 Å². The number of carbonyl (C=O) groups excluding carboxylic acids is 4. The van der Waals surface area contributed by atoms with Gasteiger partial charge in [-0.3, -0.25) is 29.5 Å². The smallest absolute Gasteiger partial charge is 0.260 e. The Morgan fingerprint density at radius 1 is 0.830 bits per heavy atom. The lowest BCUT2D eigenvalue weighted by atomic mass is 9.49. The number of amides is 4. The molecule has 0 radical (unpaired) electrons. The number of hydrogen-bond donors (Lipinski definition) is 3. The first-order chi connectivity index (χ1) is 25.6. The van der Waals surface area contributed by atoms with Crippen molar-refractivity contribution in [1.29, 1.82) is 0 Å². The molecule has 10 heteroatoms. The first kappa shape index (κ1) is 34.2. The van der Waals surface area contributed by atoms with E-state index in [0.29, 0.717) is 29.8 Å². The van der Waals surface area contributed by atoms with E-state index in [4.69, 9.17) is 4.74 Å². The van der Waals surface area contributed by atoms with Crippen LogP contribution in [0.3, 0.4) is 0 Å². The maximum absolute atomic E-state index is 15.3. The molecule has 53 heavy (non-hydrogen) atoms. The van der Waals surface area contributed by atoms with Gasteiger partial charge in [0, 0.05) is 18.0 Å². The summed E-state index contributed by atoms with van der Waals surface area (Å²) >= 11 is 0. The number of benzene rings is 4. The quantitative estimate of drug-likeness (QED) is 0.142. The number of phenolic OH excluding ortho intramolecular Hbond substituents is 2. The largest absolute Gasteiger partial charge is 0.508 e. The van der Waals surface area contributed by atoms with Crippen LogP contribution in [-0.4, -0.2) is 56.9 Å². The average Bonchev–Trinajstić information content (AvgIpc) is 3.54. The van der Waals surface area contributed by atoms with Crippen LogP contribution in [0.4, 0.5) is 5.69 Å². The highest BCUT2D eigenvalue weighted by Crippen LogP contribution is 2.65. The molecule has 2 heterocycles. The molecule has 270 valence electrons. The van der Waals surface area contributed by atoms with E-state index in [1.54, 1.807) is 42.5 Å². The fraction of sp³-hybridized carbons (Fsp3) is 0.302. The number of rotatable bonds is 9. The summed E-state index contributed by atoms with van der Waals surface area (Å²) in [7, 11) is 0. The molecule has 8 rings (SSSR count). The molecule has 2 aliphatic heterocycles. The number of likely N-dealkylation sites (tertiary alicyclic amines) is 1. The zero-order valence-corrected chi connectivity index (χ0v) is 29.6. The average molecular weight is 712 g/mol. The molecule has 3 fully saturated rings. The third kappa shape index (κ3) is 5.38. The molecule has 0 aromatic heterocycles. The Bertz CT molecular complexity index is 2130. The Kier molecular flexibility index (Phi) is 8.55. The topological polar surface area (TPSA) is 136 Å². The standard InChI is InChI=1S/C43H41N3O7/c1-3-53-35-11-7-10-32(38(35)48)37-30-20-21-31-36(41(51)45(39(31)49)23-22-26-14-18-29(47)19-15-26)33(30)24-34-40(50)46(44-28-16-12-25(2)13-17-28)42(52)43(34,37)27-8-5-4-6-9-27/h4-20,31,33-34,36-37,44,47-48H,3,21-24H2,1-2H3. The molecule has 10 nitrogen and oxygen atoms in total. The molecule has 4 amide bonds. The summed E-state index contributed by atoms with van der Waals surface area (Å²) in [6.07, 6.45) is 2.84. The van der Waals surface area contributed by atoms with Crippen LogP contribution in [0.25, 0.3) is 0 Å². The Hall–Kier alpha value is -5.90. The molecule has 4 aromatic rings. The van der Waals surface area contributed by atoms with Crippen LogP contribution in [0, 0.1) is 30.6 Å². The summed E-state index contributed by atoms with van der Waals surface area (Å²) < 4.78 is 5.83. The predicted molar refractivity (Wildman–Crippen MR) is 197 cm³/mol. The molecule has 3 N–H and O–H groups in total. The van der Waals surface area contributed by atoms with Gasteiger partial charge < -0.3 is 14.9 Å². The van der Waals surface area contributed by atoms with Crippen molar-refractivity contribution in [2.24, 2.45) is 23.7 Å². The minimum absolute atomic E-state index is 0.133. The van der Waals surface area contributed by atoms with Gasteiger partial charge >= 0.3 is 0 Å². The van der Waals surface area contributed by atoms with E-state index in [9.17, 15) is 24.6 Å². The summed E-state index contributed by atoms with van der Waals surface area (Å²) in [6, 6.07) is 28.5. The third-order valence-corrected chi connectivity index (χ3v) is 11.7. The molecular weight excluding hydrogens is 670 g/mol. The monoisotopic (exact) mass is 711 g/mol. The van der Waals surface area contributed by atoms with Gasteiger partial charge in [0.25, 0.3) is 11.8 Å². The van der Waals surface area contributed by atoms with Crippen LogP contribution in [0.5, 0.6) is 17.2 Å². The summed E-state index contributed by atoms with van der Waals surface area (Å²) in [6.45, 7) is 4.25. The number of nitrogens with one attached hydrogen (secondary N) is 1. The zero-order chi connectivity index (χ0) is 37.0. The normalized spacial score (nSPS) is 26.2. The summed E-state index contributed by atoms with van der Waals surface area (Å²) in [4.78, 5) is 59.9. The number of imide groups is 2. The van der Waals surface area contributed by atoms with Crippen LogP contribution < -0.4 is 10.2 Å². The van der Waals surface area contributed by atoms with E-state index >= 15 is 4.79 Å². The number of hydrogen-bond acceptors (Lipinski definition) is 8. The fourth-order valence-corrected chi connectivity index (χ4v) is 9.32. The lowest BCUT2D eigenvalue weighted by molar-refractivity contribution is -0.141. The van der Waals surface area contributed by atoms with E-state index in [0.717, 1.165) is 21.7 Å². The van der Waals surface area contributed by atoms with Crippen LogP contribution >= 0.6 is 0 Å². The number of allylic oxidation sites excluding steroid dienone is 2. The van der Waals surface area contributed by atoms with Crippen molar-refractivity contribution in [2.45, 2.75) is 44.4 Å². The maximum Gasteiger partial charge on any atom is 0.260 e. The number of carbonyl (C=O) groups is 4. The van der Waals surface area contributed by atoms with Gasteiger partial charge in [0.15, 0.2) is 11.5 Å². The second-order valence-electron chi connectivity index (χ2n) is 14.5. The van der Waals surface area contributed by atoms with Gasteiger partial charge in [-0.2, -0.15) is 5.01 Å². The molecule has 4 aliphatic rings. The molecule has 4 aromatic carbocycles. The Morgan fingerprint density at radius 2 is 1.57 bits per heavy atom. The minimum atomic E-state index is -1.50. The Labute approximate surface area is 307 Å². The molecule has 0 spiro atoms. The van der Waals surface area contributed by atoms with Gasteiger partial charge in [0.2, 0.25) is 11.8 Å². The van der Waals surface area contributed by atoms with Crippen molar-refractivity contribution in [3.8, 4) is 17.2 Å². The molecule has 1 saturated carbocycles. The van der Waals surface area contributed by atoms with Crippen LogP contribution in [0.1, 0.15) is 47.9 Å². The predicted octanol–water partition coefficient (Wildman–Crippen LogP) is 6.03. The molecular formula is C43H41N3O7. The van der Waals surface area contributed by atoms with Crippen LogP contribution in [0.15, 0.2) is 109 Å². The van der Waals surface area contributed by atoms with E-state index in [2.05, 4.69) is 5.43 Å². The Morgan fingerprint density at radius 3 is 2.28 bits per heavy atom. The second-order valence-corrected chi connectivity index (χ2v) is 14.5. The number of para-hydroxylation sites is 1. The van der Waals surface area contributed by atoms with Gasteiger partial charge in [0.1, 0.15) is 5.75 Å². The number of anilines is 1. The number of fused-ring (bicyclic) bond motifs is 4. The number of aromatic hydroxyl groups is 2. The van der Waals surface area contributed by atoms with Crippen molar-refractivity contribution in [2.75, 3.05) is 18.6 Å². The van der Waals surface area contributed by atoms with Gasteiger partial charge in [0.05, 0.1) is 35.5 Å². The maximum atomic E-state index is 15.3. The molecule has 6 atom stereocenters. The minimum Gasteiger partial charge on any atom is -0.508 e. The van der Waals surface area contributed by atoms with Crippen molar-refractivity contribution >= 4 is 29.3 Å². The molecule has 2 aliphatic carbocycles. The first-order valence-corrected chi connectivity index (χ1v) is 18.2. The van der Waals surface area contributed by atoms with Gasteiger partial charge in [-0.05, 0) is 80.5 Å². The molecule has 6 unspecified atom stereocenters. The van der Waals surface area contributed by atoms with Crippen molar-refractivity contribution < 1.29 is 34.1 Å². The van der Waals surface area contributed by atoms with E-state index in [-0.39, 0.29) is 48.4 Å². The number of ether oxygens (including phenoxy) is 1. The second kappa shape index (κ2) is 13.3. The molecule has 2 saturated heterocycles. The van der Waals surface area contributed by atoms with Gasteiger partial charge in [-0.25, -0.2) is 0 Å². The summed E-state index contributed by atoms with van der Waals surface area (Å²) in [5.41, 5.74) is 5.86. The SMILES string of the molecule is CCOc1cccc(C2C3=CCC4C(=O)N(CCc5ccc(O)cc5)C(=O)C4C3CC3C(=O)N(Nc4ccc(C)cc4)C(=O)C32c2ccccc2)c1O. The fourth-order valence-electron chi connectivity index (χ4n) is 9.32. The van der Waals surface area contributed by atoms with Crippen molar-refractivity contribution in [3.63, 3.8) is 0 Å². The van der Waals surface area contributed by atoms with Crippen LogP contribution in [-0.2, 0) is 31.0 Å². The van der Waals surface area contributed by atoms with E-state index in [1.807, 2.05) is 74.5 Å². The number of nitrogens with zero attached hydrogens (tertiary/aromatic N) is 2. The zero-order valence-electron chi connectivity index (χ0n) is 29.6. The number of hydrazine groups is 1. The Balaban J connectivity index is 1.27. The van der Waals surface area contributed by atoms with E-state index in [1.165, 1.54) is 4.90 Å². The van der Waals surface area contributed by atoms with Gasteiger partial charge in [-0.1, -0.05) is 83.9 Å². The molecule has 0 bridgehead atoms. The van der Waals surface area contributed by atoms with E-state index < -0.39 is 46.8 Å². The third-order valence-electron chi connectivity index (χ3n) is 11.7. The van der Waals surface area contributed by atoms with Crippen molar-refractivity contribution in [1.82, 2.24) is 9.91 Å². The highest BCUT2D eigenvalue weighted by atomic mass is 16.5. The summed E-state index contributed by atoms with van der Waals surface area (Å²) in [5, 5.41) is 22.8. The van der Waals surface area contributed by atoms with Crippen molar-refractivity contribution in [3.05, 3.63) is 131 Å². The first-order valence-electron chi connectivity index (χ1n) is 18.2. The number of phenols is 2. The van der Waals surface area contributed by atoms with Gasteiger partial charge in [-0.15, -0.1) is 0 Å². The number of aryl methyl sites for hydroxylation is 1. The summed E-state index contributed by atoms with van der Waals surface area (Å²) in [5.74, 6) is -4.90. The highest BCUT2D eigenvalue weighted by molar-refractivity contribution is 6.13. The lowest BCUT2D eigenvalue weighted by Gasteiger charge is -2.50.